The van der Waals surface area contributed by atoms with Crippen molar-refractivity contribution in [1.29, 1.82) is 0 Å². The summed E-state index contributed by atoms with van der Waals surface area (Å²) in [6.07, 6.45) is 0.782. The lowest BCUT2D eigenvalue weighted by molar-refractivity contribution is -0.138. The van der Waals surface area contributed by atoms with Gasteiger partial charge in [-0.2, -0.15) is 0 Å². The number of piperidine rings is 1. The fraction of sp³-hybridized carbons (Fsp3) is 0.333. The summed E-state index contributed by atoms with van der Waals surface area (Å²) in [6.45, 7) is 2.80. The highest BCUT2D eigenvalue weighted by Gasteiger charge is 2.43. The predicted molar refractivity (Wildman–Crippen MR) is 149 cm³/mol. The molecule has 9 heteroatoms. The molecule has 2 atom stereocenters. The molecule has 3 heterocycles. The van der Waals surface area contributed by atoms with Crippen LogP contribution >= 0.6 is 11.6 Å². The lowest BCUT2D eigenvalue weighted by Gasteiger charge is -2.44. The van der Waals surface area contributed by atoms with Crippen LogP contribution in [0.1, 0.15) is 24.4 Å². The topological polar surface area (TPSA) is 71.6 Å². The number of amides is 2. The number of rotatable bonds is 5. The number of carbonyl (C=O) groups excluding carboxylic acids is 2. The Morgan fingerprint density at radius 3 is 2.44 bits per heavy atom. The molecule has 8 nitrogen and oxygen atoms in total. The van der Waals surface area contributed by atoms with E-state index in [-0.39, 0.29) is 24.5 Å². The molecule has 6 rings (SSSR count). The van der Waals surface area contributed by atoms with E-state index in [4.69, 9.17) is 25.8 Å². The Labute approximate surface area is 232 Å². The Hall–Kier alpha value is -3.91. The van der Waals surface area contributed by atoms with E-state index in [1.54, 1.807) is 12.0 Å². The third kappa shape index (κ3) is 4.96. The van der Waals surface area contributed by atoms with Crippen LogP contribution in [0.25, 0.3) is 0 Å². The van der Waals surface area contributed by atoms with Gasteiger partial charge in [0.2, 0.25) is 18.6 Å². The van der Waals surface area contributed by atoms with Crippen LogP contribution in [0.5, 0.6) is 17.2 Å². The molecule has 0 spiro atoms. The summed E-state index contributed by atoms with van der Waals surface area (Å²) in [7, 11) is 1.62. The van der Waals surface area contributed by atoms with E-state index in [1.165, 1.54) is 0 Å². The maximum Gasteiger partial charge on any atom is 0.231 e. The zero-order chi connectivity index (χ0) is 26.9. The SMILES string of the molecule is COc1ccc(C2C(C(=O)N3CCN(c4cccc(Cl)c4)CC3)CCC(=O)N2c2ccc3c(c2)OCO3)cc1. The Balaban J connectivity index is 1.29. The summed E-state index contributed by atoms with van der Waals surface area (Å²) in [6, 6.07) is 20.5. The van der Waals surface area contributed by atoms with E-state index in [0.29, 0.717) is 48.1 Å². The maximum atomic E-state index is 14.1. The van der Waals surface area contributed by atoms with Crippen molar-refractivity contribution in [3.8, 4) is 17.2 Å². The molecule has 3 aromatic rings. The summed E-state index contributed by atoms with van der Waals surface area (Å²) in [5, 5.41) is 0.698. The smallest absolute Gasteiger partial charge is 0.231 e. The summed E-state index contributed by atoms with van der Waals surface area (Å²) in [5.74, 6) is 1.62. The third-order valence-corrected chi connectivity index (χ3v) is 8.01. The van der Waals surface area contributed by atoms with Crippen LogP contribution in [-0.4, -0.2) is 56.8 Å². The second-order valence-electron chi connectivity index (χ2n) is 9.96. The average Bonchev–Trinajstić information content (AvgIpc) is 3.45. The van der Waals surface area contributed by atoms with Gasteiger partial charge >= 0.3 is 0 Å². The molecular formula is C30H30ClN3O5. The number of nitrogens with zero attached hydrogens (tertiary/aromatic N) is 3. The first-order valence-electron chi connectivity index (χ1n) is 13.2. The number of piperazine rings is 1. The van der Waals surface area contributed by atoms with E-state index in [9.17, 15) is 9.59 Å². The molecule has 202 valence electrons. The van der Waals surface area contributed by atoms with Crippen molar-refractivity contribution in [2.75, 3.05) is 49.9 Å². The minimum absolute atomic E-state index is 0.0236. The van der Waals surface area contributed by atoms with Crippen molar-refractivity contribution in [3.05, 3.63) is 77.3 Å². The standard InChI is InChI=1S/C30H30ClN3O5/c1-37-24-8-5-20(6-9-24)29-25(10-12-28(35)34(29)23-7-11-26-27(18-23)39-19-38-26)30(36)33-15-13-32(14-16-33)22-4-2-3-21(31)17-22/h2-9,11,17-18,25,29H,10,12-16,19H2,1H3. The average molecular weight is 548 g/mol. The first-order chi connectivity index (χ1) is 19.0. The quantitative estimate of drug-likeness (QED) is 0.452. The molecule has 0 bridgehead atoms. The molecule has 0 aromatic heterocycles. The van der Waals surface area contributed by atoms with Gasteiger partial charge in [-0.05, 0) is 54.4 Å². The Morgan fingerprint density at radius 2 is 1.69 bits per heavy atom. The molecule has 0 radical (unpaired) electrons. The number of benzene rings is 3. The molecule has 0 saturated carbocycles. The first kappa shape index (κ1) is 25.4. The number of hydrogen-bond acceptors (Lipinski definition) is 6. The van der Waals surface area contributed by atoms with Crippen LogP contribution in [0.2, 0.25) is 5.02 Å². The normalized spacial score (nSPS) is 20.8. The van der Waals surface area contributed by atoms with Crippen molar-refractivity contribution >= 4 is 34.8 Å². The number of carbonyl (C=O) groups is 2. The van der Waals surface area contributed by atoms with E-state index in [1.807, 2.05) is 71.6 Å². The second-order valence-corrected chi connectivity index (χ2v) is 10.4. The summed E-state index contributed by atoms with van der Waals surface area (Å²) < 4.78 is 16.4. The summed E-state index contributed by atoms with van der Waals surface area (Å²) >= 11 is 6.20. The minimum atomic E-state index is -0.462. The minimum Gasteiger partial charge on any atom is -0.497 e. The lowest BCUT2D eigenvalue weighted by atomic mass is 9.82. The number of fused-ring (bicyclic) bond motifs is 1. The second kappa shape index (κ2) is 10.7. The van der Waals surface area contributed by atoms with Crippen LogP contribution in [0, 0.1) is 5.92 Å². The van der Waals surface area contributed by atoms with Gasteiger partial charge < -0.3 is 28.9 Å². The van der Waals surface area contributed by atoms with Crippen LogP contribution in [0.4, 0.5) is 11.4 Å². The maximum absolute atomic E-state index is 14.1. The fourth-order valence-corrected chi connectivity index (χ4v) is 5.95. The highest BCUT2D eigenvalue weighted by atomic mass is 35.5. The van der Waals surface area contributed by atoms with E-state index >= 15 is 0 Å². The fourth-order valence-electron chi connectivity index (χ4n) is 5.77. The van der Waals surface area contributed by atoms with Crippen LogP contribution in [-0.2, 0) is 9.59 Å². The monoisotopic (exact) mass is 547 g/mol. The predicted octanol–water partition coefficient (Wildman–Crippen LogP) is 4.91. The van der Waals surface area contributed by atoms with Gasteiger partial charge in [-0.15, -0.1) is 0 Å². The van der Waals surface area contributed by atoms with Crippen LogP contribution in [0.3, 0.4) is 0 Å². The largest absolute Gasteiger partial charge is 0.497 e. The van der Waals surface area contributed by atoms with Gasteiger partial charge in [-0.3, -0.25) is 9.59 Å². The lowest BCUT2D eigenvalue weighted by Crippen LogP contribution is -2.54. The number of anilines is 2. The van der Waals surface area contributed by atoms with Gasteiger partial charge in [0.1, 0.15) is 5.75 Å². The van der Waals surface area contributed by atoms with Gasteiger partial charge in [-0.1, -0.05) is 29.8 Å². The Kier molecular flexibility index (Phi) is 6.95. The number of hydrogen-bond donors (Lipinski definition) is 0. The molecule has 0 N–H and O–H groups in total. The highest BCUT2D eigenvalue weighted by molar-refractivity contribution is 6.30. The van der Waals surface area contributed by atoms with Crippen LogP contribution in [0.15, 0.2) is 66.7 Å². The zero-order valence-corrected chi connectivity index (χ0v) is 22.5. The van der Waals surface area contributed by atoms with Gasteiger partial charge in [0, 0.05) is 55.1 Å². The van der Waals surface area contributed by atoms with Crippen LogP contribution < -0.4 is 24.0 Å². The molecular weight excluding hydrogens is 518 g/mol. The molecule has 2 amide bonds. The molecule has 2 fully saturated rings. The summed E-state index contributed by atoms with van der Waals surface area (Å²) in [5.41, 5.74) is 2.63. The number of ether oxygens (including phenoxy) is 3. The summed E-state index contributed by atoms with van der Waals surface area (Å²) in [4.78, 5) is 33.5. The molecule has 3 aromatic carbocycles. The first-order valence-corrected chi connectivity index (χ1v) is 13.5. The molecule has 3 aliphatic heterocycles. The highest BCUT2D eigenvalue weighted by Crippen LogP contribution is 2.44. The van der Waals surface area contributed by atoms with E-state index in [2.05, 4.69) is 4.90 Å². The van der Waals surface area contributed by atoms with Crippen molar-refractivity contribution < 1.29 is 23.8 Å². The Morgan fingerprint density at radius 1 is 0.923 bits per heavy atom. The van der Waals surface area contributed by atoms with Gasteiger partial charge in [0.25, 0.3) is 0 Å². The van der Waals surface area contributed by atoms with Gasteiger partial charge in [0.05, 0.1) is 19.1 Å². The molecule has 2 unspecified atom stereocenters. The molecule has 3 aliphatic rings. The van der Waals surface area contributed by atoms with Gasteiger partial charge in [0.15, 0.2) is 11.5 Å². The van der Waals surface area contributed by atoms with Crippen molar-refractivity contribution in [3.63, 3.8) is 0 Å². The van der Waals surface area contributed by atoms with Crippen molar-refractivity contribution in [2.24, 2.45) is 5.92 Å². The molecule has 0 aliphatic carbocycles. The Bertz CT molecular complexity index is 1370. The zero-order valence-electron chi connectivity index (χ0n) is 21.7. The van der Waals surface area contributed by atoms with Crippen molar-refractivity contribution in [2.45, 2.75) is 18.9 Å². The number of methoxy groups -OCH3 is 1. The van der Waals surface area contributed by atoms with Gasteiger partial charge in [-0.25, -0.2) is 0 Å². The van der Waals surface area contributed by atoms with E-state index in [0.717, 1.165) is 30.1 Å². The third-order valence-electron chi connectivity index (χ3n) is 7.77. The molecule has 2 saturated heterocycles. The number of halogens is 1. The van der Waals surface area contributed by atoms with Crippen molar-refractivity contribution in [1.82, 2.24) is 4.90 Å². The van der Waals surface area contributed by atoms with E-state index < -0.39 is 6.04 Å². The molecule has 39 heavy (non-hydrogen) atoms.